The zero-order valence-electron chi connectivity index (χ0n) is 12.5. The van der Waals surface area contributed by atoms with E-state index < -0.39 is 5.54 Å². The maximum Gasteiger partial charge on any atom is 0.237 e. The molecule has 0 radical (unpaired) electrons. The van der Waals surface area contributed by atoms with Gasteiger partial charge in [-0.25, -0.2) is 0 Å². The molecular formula is C15H30N2O2. The van der Waals surface area contributed by atoms with Crippen LogP contribution in [0.3, 0.4) is 0 Å². The van der Waals surface area contributed by atoms with Crippen LogP contribution in [0.4, 0.5) is 0 Å². The number of rotatable bonds is 9. The molecule has 1 atom stereocenters. The molecule has 1 fully saturated rings. The van der Waals surface area contributed by atoms with E-state index in [9.17, 15) is 4.79 Å². The van der Waals surface area contributed by atoms with Gasteiger partial charge in [0.2, 0.25) is 5.91 Å². The van der Waals surface area contributed by atoms with Crippen LogP contribution in [0.25, 0.3) is 0 Å². The summed E-state index contributed by atoms with van der Waals surface area (Å²) in [5, 5.41) is 3.17. The first kappa shape index (κ1) is 16.4. The molecule has 1 unspecified atom stereocenters. The van der Waals surface area contributed by atoms with E-state index in [-0.39, 0.29) is 5.91 Å². The summed E-state index contributed by atoms with van der Waals surface area (Å²) in [6.07, 6.45) is 8.34. The van der Waals surface area contributed by atoms with Gasteiger partial charge in [0.25, 0.3) is 0 Å². The second-order valence-corrected chi connectivity index (χ2v) is 5.91. The third-order valence-electron chi connectivity index (χ3n) is 4.15. The van der Waals surface area contributed by atoms with Crippen molar-refractivity contribution in [2.24, 2.45) is 11.7 Å². The van der Waals surface area contributed by atoms with Crippen molar-refractivity contribution < 1.29 is 9.53 Å². The fourth-order valence-electron chi connectivity index (χ4n) is 2.82. The van der Waals surface area contributed by atoms with Crippen LogP contribution in [0.1, 0.15) is 58.8 Å². The van der Waals surface area contributed by atoms with Crippen LogP contribution in [-0.4, -0.2) is 31.2 Å². The minimum Gasteiger partial charge on any atom is -0.381 e. The smallest absolute Gasteiger partial charge is 0.237 e. The predicted molar refractivity (Wildman–Crippen MR) is 77.9 cm³/mol. The summed E-state index contributed by atoms with van der Waals surface area (Å²) in [7, 11) is 0. The largest absolute Gasteiger partial charge is 0.381 e. The quantitative estimate of drug-likeness (QED) is 0.631. The van der Waals surface area contributed by atoms with Gasteiger partial charge in [0.15, 0.2) is 0 Å². The van der Waals surface area contributed by atoms with E-state index in [2.05, 4.69) is 5.32 Å². The number of likely N-dealkylation sites (N-methyl/N-ethyl adjacent to an activating group) is 1. The van der Waals surface area contributed by atoms with E-state index in [1.807, 2.05) is 13.8 Å². The maximum atomic E-state index is 11.4. The van der Waals surface area contributed by atoms with Crippen molar-refractivity contribution >= 4 is 5.91 Å². The molecule has 1 amide bonds. The molecule has 1 saturated carbocycles. The summed E-state index contributed by atoms with van der Waals surface area (Å²) in [6.45, 7) is 6.22. The number of hydrogen-bond donors (Lipinski definition) is 2. The minimum absolute atomic E-state index is 0.276. The highest BCUT2D eigenvalue weighted by Crippen LogP contribution is 2.23. The second-order valence-electron chi connectivity index (χ2n) is 5.91. The van der Waals surface area contributed by atoms with E-state index >= 15 is 0 Å². The Balaban J connectivity index is 2.12. The van der Waals surface area contributed by atoms with Gasteiger partial charge in [0.1, 0.15) is 0 Å². The highest BCUT2D eigenvalue weighted by atomic mass is 16.5. The second kappa shape index (κ2) is 8.54. The highest BCUT2D eigenvalue weighted by molar-refractivity contribution is 5.84. The summed E-state index contributed by atoms with van der Waals surface area (Å²) in [4.78, 5) is 11.4. The van der Waals surface area contributed by atoms with Crippen molar-refractivity contribution in [1.29, 1.82) is 0 Å². The zero-order chi connectivity index (χ0) is 14.1. The van der Waals surface area contributed by atoms with Crippen LogP contribution >= 0.6 is 0 Å². The molecule has 1 aliphatic carbocycles. The molecule has 0 saturated heterocycles. The Morgan fingerprint density at radius 2 is 2.05 bits per heavy atom. The van der Waals surface area contributed by atoms with Crippen LogP contribution in [0.2, 0.25) is 0 Å². The topological polar surface area (TPSA) is 64.3 Å². The lowest BCUT2D eigenvalue weighted by Crippen LogP contribution is -2.53. The Morgan fingerprint density at radius 1 is 1.37 bits per heavy atom. The Kier molecular flexibility index (Phi) is 7.39. The third-order valence-corrected chi connectivity index (χ3v) is 4.15. The molecule has 0 spiro atoms. The van der Waals surface area contributed by atoms with E-state index in [1.165, 1.54) is 32.1 Å². The number of carbonyl (C=O) groups excluding carboxylic acids is 1. The van der Waals surface area contributed by atoms with Gasteiger partial charge in [-0.3, -0.25) is 4.79 Å². The number of carbonyl (C=O) groups is 1. The molecule has 0 aliphatic heterocycles. The Hall–Kier alpha value is -0.610. The zero-order valence-corrected chi connectivity index (χ0v) is 12.5. The fraction of sp³-hybridized carbons (Fsp3) is 0.933. The highest BCUT2D eigenvalue weighted by Gasteiger charge is 2.29. The van der Waals surface area contributed by atoms with Crippen LogP contribution in [0.5, 0.6) is 0 Å². The standard InChI is InChI=1S/C15H30N2O2/c1-3-17-15(2,14(16)18)10-7-11-19-12-13-8-5-4-6-9-13/h13,17H,3-12H2,1-2H3,(H2,16,18). The first-order valence-electron chi connectivity index (χ1n) is 7.71. The molecule has 1 aliphatic rings. The summed E-state index contributed by atoms with van der Waals surface area (Å²) in [6, 6.07) is 0. The lowest BCUT2D eigenvalue weighted by atomic mass is 9.90. The number of nitrogens with two attached hydrogens (primary N) is 1. The monoisotopic (exact) mass is 270 g/mol. The predicted octanol–water partition coefficient (Wildman–Crippen LogP) is 2.22. The Bertz CT molecular complexity index is 265. The first-order chi connectivity index (χ1) is 9.08. The summed E-state index contributed by atoms with van der Waals surface area (Å²) in [5.74, 6) is 0.478. The average molecular weight is 270 g/mol. The third kappa shape index (κ3) is 5.91. The van der Waals surface area contributed by atoms with E-state index in [0.29, 0.717) is 0 Å². The lowest BCUT2D eigenvalue weighted by Gasteiger charge is -2.27. The Morgan fingerprint density at radius 3 is 2.63 bits per heavy atom. The van der Waals surface area contributed by atoms with E-state index in [1.54, 1.807) is 0 Å². The van der Waals surface area contributed by atoms with Crippen molar-refractivity contribution in [3.63, 3.8) is 0 Å². The number of ether oxygens (including phenoxy) is 1. The number of amides is 1. The molecule has 1 rings (SSSR count). The maximum absolute atomic E-state index is 11.4. The van der Waals surface area contributed by atoms with Gasteiger partial charge < -0.3 is 15.8 Å². The van der Waals surface area contributed by atoms with Crippen molar-refractivity contribution in [3.05, 3.63) is 0 Å². The molecule has 0 aromatic carbocycles. The van der Waals surface area contributed by atoms with Gasteiger partial charge in [-0.05, 0) is 45.1 Å². The molecular weight excluding hydrogens is 240 g/mol. The number of hydrogen-bond acceptors (Lipinski definition) is 3. The van der Waals surface area contributed by atoms with Gasteiger partial charge in [0.05, 0.1) is 5.54 Å². The minimum atomic E-state index is -0.594. The van der Waals surface area contributed by atoms with Crippen molar-refractivity contribution in [2.45, 2.75) is 64.3 Å². The average Bonchev–Trinajstić information content (AvgIpc) is 2.39. The molecule has 4 heteroatoms. The summed E-state index contributed by atoms with van der Waals surface area (Å²) in [5.41, 5.74) is 4.85. The number of primary amides is 1. The number of nitrogens with one attached hydrogen (secondary N) is 1. The molecule has 0 aromatic rings. The molecule has 3 N–H and O–H groups in total. The summed E-state index contributed by atoms with van der Waals surface area (Å²) >= 11 is 0. The first-order valence-corrected chi connectivity index (χ1v) is 7.71. The van der Waals surface area contributed by atoms with Crippen molar-refractivity contribution in [2.75, 3.05) is 19.8 Å². The van der Waals surface area contributed by atoms with Gasteiger partial charge in [0, 0.05) is 13.2 Å². The molecule has 19 heavy (non-hydrogen) atoms. The van der Waals surface area contributed by atoms with Crippen LogP contribution in [0, 0.1) is 5.92 Å². The normalized spacial score (nSPS) is 20.1. The van der Waals surface area contributed by atoms with Crippen LogP contribution in [-0.2, 0) is 9.53 Å². The lowest BCUT2D eigenvalue weighted by molar-refractivity contribution is -0.124. The van der Waals surface area contributed by atoms with Gasteiger partial charge in [-0.1, -0.05) is 26.2 Å². The van der Waals surface area contributed by atoms with Gasteiger partial charge in [-0.2, -0.15) is 0 Å². The summed E-state index contributed by atoms with van der Waals surface area (Å²) < 4.78 is 5.75. The van der Waals surface area contributed by atoms with Crippen molar-refractivity contribution in [3.8, 4) is 0 Å². The van der Waals surface area contributed by atoms with Crippen molar-refractivity contribution in [1.82, 2.24) is 5.32 Å². The fourth-order valence-corrected chi connectivity index (χ4v) is 2.82. The van der Waals surface area contributed by atoms with E-state index in [0.717, 1.165) is 38.5 Å². The molecule has 0 heterocycles. The van der Waals surface area contributed by atoms with Gasteiger partial charge in [-0.15, -0.1) is 0 Å². The van der Waals surface area contributed by atoms with Crippen LogP contribution < -0.4 is 11.1 Å². The molecule has 4 nitrogen and oxygen atoms in total. The Labute approximate surface area is 117 Å². The molecule has 0 bridgehead atoms. The van der Waals surface area contributed by atoms with Gasteiger partial charge >= 0.3 is 0 Å². The van der Waals surface area contributed by atoms with E-state index in [4.69, 9.17) is 10.5 Å². The molecule has 112 valence electrons. The SMILES string of the molecule is CCNC(C)(CCCOCC1CCCCC1)C(N)=O. The molecule has 0 aromatic heterocycles. The van der Waals surface area contributed by atoms with Crippen LogP contribution in [0.15, 0.2) is 0 Å².